The molecule has 0 aromatic heterocycles. The van der Waals surface area contributed by atoms with Gasteiger partial charge in [0.1, 0.15) is 5.41 Å². The fourth-order valence-electron chi connectivity index (χ4n) is 2.95. The number of benzene rings is 3. The second-order valence-electron chi connectivity index (χ2n) is 7.47. The molecule has 0 bridgehead atoms. The number of sulfonamides is 1. The summed E-state index contributed by atoms with van der Waals surface area (Å²) in [4.78, 5) is 23.5. The molecule has 0 aliphatic heterocycles. The fourth-order valence-corrected chi connectivity index (χ4v) is 4.23. The van der Waals surface area contributed by atoms with Crippen molar-refractivity contribution in [1.29, 1.82) is 0 Å². The molecule has 0 heterocycles. The van der Waals surface area contributed by atoms with E-state index in [0.29, 0.717) is 16.8 Å². The minimum Gasteiger partial charge on any atom is -0.480 e. The summed E-state index contributed by atoms with van der Waals surface area (Å²) >= 11 is 0. The van der Waals surface area contributed by atoms with Crippen molar-refractivity contribution >= 4 is 49.7 Å². The Labute approximate surface area is 180 Å². The lowest BCUT2D eigenvalue weighted by molar-refractivity contribution is -0.151. The first-order valence-corrected chi connectivity index (χ1v) is 10.9. The van der Waals surface area contributed by atoms with E-state index >= 15 is 0 Å². The first-order chi connectivity index (χ1) is 14.6. The minimum absolute atomic E-state index is 0.141. The van der Waals surface area contributed by atoms with E-state index < -0.39 is 27.3 Å². The van der Waals surface area contributed by atoms with Gasteiger partial charge < -0.3 is 15.7 Å². The molecule has 3 aromatic rings. The van der Waals surface area contributed by atoms with Crippen molar-refractivity contribution < 1.29 is 23.1 Å². The number of carboxylic acids is 1. The molecule has 0 spiro atoms. The molecule has 0 unspecified atom stereocenters. The molecule has 4 N–H and O–H groups in total. The summed E-state index contributed by atoms with van der Waals surface area (Å²) in [6.07, 6.45) is 0. The number of carboxylic acid groups (broad SMARTS) is 1. The number of anilines is 3. The monoisotopic (exact) mass is 441 g/mol. The lowest BCUT2D eigenvalue weighted by Gasteiger charge is -2.18. The number of nitrogens with one attached hydrogen (secondary N) is 3. The van der Waals surface area contributed by atoms with Gasteiger partial charge in [-0.1, -0.05) is 24.3 Å². The summed E-state index contributed by atoms with van der Waals surface area (Å²) in [5.74, 6) is -1.92. The normalized spacial score (nSPS) is 11.7. The van der Waals surface area contributed by atoms with E-state index in [1.54, 1.807) is 25.2 Å². The number of carbonyl (C=O) groups excluding carboxylic acids is 1. The quantitative estimate of drug-likeness (QED) is 0.414. The van der Waals surface area contributed by atoms with Gasteiger partial charge in [0, 0.05) is 34.9 Å². The lowest BCUT2D eigenvalue weighted by atomic mass is 9.92. The first kappa shape index (κ1) is 22.1. The van der Waals surface area contributed by atoms with Crippen LogP contribution in [0.5, 0.6) is 0 Å². The average Bonchev–Trinajstić information content (AvgIpc) is 2.73. The fraction of sp³-hybridized carbons (Fsp3) is 0.182. The summed E-state index contributed by atoms with van der Waals surface area (Å²) < 4.78 is 28.6. The highest BCUT2D eigenvalue weighted by atomic mass is 32.2. The Bertz CT molecular complexity index is 1250. The van der Waals surface area contributed by atoms with Crippen LogP contribution in [-0.4, -0.2) is 32.4 Å². The van der Waals surface area contributed by atoms with E-state index in [1.807, 2.05) is 12.1 Å². The summed E-state index contributed by atoms with van der Waals surface area (Å²) in [6.45, 7) is 2.60. The van der Waals surface area contributed by atoms with Gasteiger partial charge in [0.2, 0.25) is 5.91 Å². The van der Waals surface area contributed by atoms with Crippen molar-refractivity contribution in [3.8, 4) is 0 Å². The zero-order chi connectivity index (χ0) is 22.8. The topological polar surface area (TPSA) is 125 Å². The molecule has 162 valence electrons. The van der Waals surface area contributed by atoms with Crippen molar-refractivity contribution in [1.82, 2.24) is 0 Å². The van der Waals surface area contributed by atoms with Crippen molar-refractivity contribution in [2.45, 2.75) is 18.7 Å². The molecule has 31 heavy (non-hydrogen) atoms. The predicted molar refractivity (Wildman–Crippen MR) is 121 cm³/mol. The van der Waals surface area contributed by atoms with Crippen LogP contribution in [0.15, 0.2) is 65.6 Å². The molecule has 3 aromatic carbocycles. The van der Waals surface area contributed by atoms with Crippen LogP contribution in [0, 0.1) is 5.41 Å². The zero-order valence-electron chi connectivity index (χ0n) is 17.3. The zero-order valence-corrected chi connectivity index (χ0v) is 18.1. The number of hydrogen-bond acceptors (Lipinski definition) is 5. The highest BCUT2D eigenvalue weighted by Gasteiger charge is 2.36. The SMILES string of the molecule is CNc1cccc2c(S(=O)(=O)Nc3ccc(NC(=O)C(C)(C)C(=O)O)cc3)cccc12. The molecule has 0 saturated heterocycles. The second-order valence-corrected chi connectivity index (χ2v) is 9.12. The van der Waals surface area contributed by atoms with Gasteiger partial charge in [0.25, 0.3) is 10.0 Å². The van der Waals surface area contributed by atoms with Crippen molar-refractivity contribution in [2.24, 2.45) is 5.41 Å². The number of rotatable bonds is 7. The van der Waals surface area contributed by atoms with Crippen LogP contribution < -0.4 is 15.4 Å². The van der Waals surface area contributed by atoms with E-state index in [2.05, 4.69) is 15.4 Å². The van der Waals surface area contributed by atoms with E-state index in [9.17, 15) is 18.0 Å². The second kappa shape index (κ2) is 8.27. The Morgan fingerprint density at radius 3 is 2.06 bits per heavy atom. The maximum absolute atomic E-state index is 13.0. The molecule has 9 heteroatoms. The molecule has 0 saturated carbocycles. The van der Waals surface area contributed by atoms with Crippen LogP contribution in [0.1, 0.15) is 13.8 Å². The summed E-state index contributed by atoms with van der Waals surface area (Å²) in [6, 6.07) is 16.4. The Kier molecular flexibility index (Phi) is 5.90. The lowest BCUT2D eigenvalue weighted by Crippen LogP contribution is -2.37. The number of carbonyl (C=O) groups is 2. The molecule has 0 aliphatic rings. The predicted octanol–water partition coefficient (Wildman–Crippen LogP) is 3.73. The van der Waals surface area contributed by atoms with Gasteiger partial charge in [0.15, 0.2) is 0 Å². The summed E-state index contributed by atoms with van der Waals surface area (Å²) in [5.41, 5.74) is -0.122. The molecule has 0 aliphatic carbocycles. The maximum atomic E-state index is 13.0. The molecule has 0 radical (unpaired) electrons. The summed E-state index contributed by atoms with van der Waals surface area (Å²) in [7, 11) is -2.11. The standard InChI is InChI=1S/C22H23N3O5S/c1-22(2,21(27)28)20(26)24-14-10-12-15(13-11-14)25-31(29,30)19-9-5-6-16-17(19)7-4-8-18(16)23-3/h4-13,23,25H,1-3H3,(H,24,26)(H,27,28). The van der Waals surface area contributed by atoms with Crippen LogP contribution in [0.3, 0.4) is 0 Å². The maximum Gasteiger partial charge on any atom is 0.318 e. The average molecular weight is 442 g/mol. The van der Waals surface area contributed by atoms with Crippen LogP contribution >= 0.6 is 0 Å². The van der Waals surface area contributed by atoms with Gasteiger partial charge in [-0.2, -0.15) is 0 Å². The number of aliphatic carboxylic acids is 1. The highest BCUT2D eigenvalue weighted by molar-refractivity contribution is 7.93. The minimum atomic E-state index is -3.88. The molecule has 0 fully saturated rings. The van der Waals surface area contributed by atoms with Crippen molar-refractivity contribution in [2.75, 3.05) is 22.4 Å². The van der Waals surface area contributed by atoms with E-state index in [1.165, 1.54) is 44.2 Å². The number of fused-ring (bicyclic) bond motifs is 1. The summed E-state index contributed by atoms with van der Waals surface area (Å²) in [5, 5.41) is 16.1. The molecular formula is C22H23N3O5S. The Balaban J connectivity index is 1.84. The number of amides is 1. The van der Waals surface area contributed by atoms with Gasteiger partial charge in [0.05, 0.1) is 4.90 Å². The molecular weight excluding hydrogens is 418 g/mol. The van der Waals surface area contributed by atoms with Crippen LogP contribution in [0.25, 0.3) is 10.8 Å². The Hall–Kier alpha value is -3.59. The van der Waals surface area contributed by atoms with Gasteiger partial charge in [-0.25, -0.2) is 8.42 Å². The van der Waals surface area contributed by atoms with Gasteiger partial charge in [-0.15, -0.1) is 0 Å². The Morgan fingerprint density at radius 1 is 0.871 bits per heavy atom. The van der Waals surface area contributed by atoms with Gasteiger partial charge >= 0.3 is 5.97 Å². The molecule has 0 atom stereocenters. The third-order valence-electron chi connectivity index (χ3n) is 4.94. The van der Waals surface area contributed by atoms with Crippen molar-refractivity contribution in [3.05, 3.63) is 60.7 Å². The van der Waals surface area contributed by atoms with E-state index in [4.69, 9.17) is 5.11 Å². The van der Waals surface area contributed by atoms with Gasteiger partial charge in [-0.3, -0.25) is 14.3 Å². The van der Waals surface area contributed by atoms with E-state index in [-0.39, 0.29) is 4.90 Å². The highest BCUT2D eigenvalue weighted by Crippen LogP contribution is 2.30. The third-order valence-corrected chi connectivity index (χ3v) is 6.38. The van der Waals surface area contributed by atoms with Gasteiger partial charge in [-0.05, 0) is 50.2 Å². The number of hydrogen-bond donors (Lipinski definition) is 4. The van der Waals surface area contributed by atoms with Crippen LogP contribution in [-0.2, 0) is 19.6 Å². The van der Waals surface area contributed by atoms with Crippen LogP contribution in [0.4, 0.5) is 17.1 Å². The van der Waals surface area contributed by atoms with E-state index in [0.717, 1.165) is 11.1 Å². The largest absolute Gasteiger partial charge is 0.480 e. The van der Waals surface area contributed by atoms with Crippen LogP contribution in [0.2, 0.25) is 0 Å². The third kappa shape index (κ3) is 4.46. The smallest absolute Gasteiger partial charge is 0.318 e. The molecule has 3 rings (SSSR count). The molecule has 1 amide bonds. The first-order valence-electron chi connectivity index (χ1n) is 9.43. The van der Waals surface area contributed by atoms with Crippen molar-refractivity contribution in [3.63, 3.8) is 0 Å². The Morgan fingerprint density at radius 2 is 1.45 bits per heavy atom. The molecule has 8 nitrogen and oxygen atoms in total.